The number of unbranched alkanes of at least 4 members (excludes halogenated alkanes) is 15. The molecule has 6 nitrogen and oxygen atoms in total. The van der Waals surface area contributed by atoms with Crippen LogP contribution in [-0.4, -0.2) is 51.1 Å². The Morgan fingerprint density at radius 3 is 1.56 bits per heavy atom. The van der Waals surface area contributed by atoms with E-state index >= 15 is 0 Å². The highest BCUT2D eigenvalue weighted by Gasteiger charge is 2.02. The summed E-state index contributed by atoms with van der Waals surface area (Å²) in [7, 11) is -4.41. The molecular weight excluding hydrogens is 448 g/mol. The molecule has 0 heterocycles. The van der Waals surface area contributed by atoms with Gasteiger partial charge in [0.25, 0.3) is 0 Å². The molecule has 0 radical (unpaired) electrons. The summed E-state index contributed by atoms with van der Waals surface area (Å²) in [5.74, 6) is 2.21. The fraction of sp³-hybridized carbons (Fsp3) is 1.00. The molecule has 0 bridgehead atoms. The van der Waals surface area contributed by atoms with Crippen molar-refractivity contribution in [3.05, 3.63) is 0 Å². The maximum atomic E-state index is 10.3. The fourth-order valence-corrected chi connectivity index (χ4v) is 4.53. The van der Waals surface area contributed by atoms with Crippen LogP contribution in [0.25, 0.3) is 0 Å². The van der Waals surface area contributed by atoms with Crippen LogP contribution in [0.4, 0.5) is 0 Å². The van der Waals surface area contributed by atoms with Gasteiger partial charge in [0.15, 0.2) is 6.79 Å². The first kappa shape index (κ1) is 32.1. The SMILES string of the molecule is CCCCCCCCCCCCCCCCCCSCCOCCCOCOS(=O)(=O)O. The summed E-state index contributed by atoms with van der Waals surface area (Å²) >= 11 is 1.94. The molecule has 194 valence electrons. The van der Waals surface area contributed by atoms with Gasteiger partial charge in [0, 0.05) is 12.4 Å². The van der Waals surface area contributed by atoms with E-state index in [0.717, 1.165) is 12.4 Å². The second kappa shape index (κ2) is 25.8. The lowest BCUT2D eigenvalue weighted by Gasteiger charge is -2.06. The molecule has 0 amide bonds. The van der Waals surface area contributed by atoms with Gasteiger partial charge in [-0.15, -0.1) is 0 Å². The predicted octanol–water partition coefficient (Wildman–Crippen LogP) is 7.18. The van der Waals surface area contributed by atoms with E-state index in [4.69, 9.17) is 14.0 Å². The van der Waals surface area contributed by atoms with Gasteiger partial charge in [-0.05, 0) is 18.6 Å². The van der Waals surface area contributed by atoms with Crippen LogP contribution in [0.3, 0.4) is 0 Å². The van der Waals surface area contributed by atoms with Crippen molar-refractivity contribution < 1.29 is 26.6 Å². The van der Waals surface area contributed by atoms with Crippen molar-refractivity contribution in [3.8, 4) is 0 Å². The molecule has 0 unspecified atom stereocenters. The first-order valence-corrected chi connectivity index (χ1v) is 15.4. The van der Waals surface area contributed by atoms with E-state index in [1.807, 2.05) is 11.8 Å². The number of ether oxygens (including phenoxy) is 2. The van der Waals surface area contributed by atoms with Crippen molar-refractivity contribution in [1.82, 2.24) is 0 Å². The Balaban J connectivity index is 3.04. The lowest BCUT2D eigenvalue weighted by molar-refractivity contribution is 0.00296. The first-order chi connectivity index (χ1) is 15.6. The Morgan fingerprint density at radius 2 is 1.06 bits per heavy atom. The maximum Gasteiger partial charge on any atom is 0.399 e. The van der Waals surface area contributed by atoms with Crippen molar-refractivity contribution in [2.45, 2.75) is 116 Å². The Morgan fingerprint density at radius 1 is 0.594 bits per heavy atom. The van der Waals surface area contributed by atoms with Crippen molar-refractivity contribution >= 4 is 22.2 Å². The quantitative estimate of drug-likeness (QED) is 0.0729. The summed E-state index contributed by atoms with van der Waals surface area (Å²) in [5.41, 5.74) is 0. The molecule has 0 fully saturated rings. The van der Waals surface area contributed by atoms with E-state index in [9.17, 15) is 8.42 Å². The third-order valence-electron chi connectivity index (χ3n) is 5.37. The Labute approximate surface area is 202 Å². The molecule has 0 saturated carbocycles. The van der Waals surface area contributed by atoms with E-state index in [1.54, 1.807) is 0 Å². The van der Waals surface area contributed by atoms with E-state index < -0.39 is 17.2 Å². The molecule has 0 aromatic heterocycles. The van der Waals surface area contributed by atoms with Crippen molar-refractivity contribution in [3.63, 3.8) is 0 Å². The number of thioether (sulfide) groups is 1. The van der Waals surface area contributed by atoms with Crippen LogP contribution < -0.4 is 0 Å². The van der Waals surface area contributed by atoms with Gasteiger partial charge in [0.1, 0.15) is 0 Å². The minimum absolute atomic E-state index is 0.335. The molecule has 32 heavy (non-hydrogen) atoms. The van der Waals surface area contributed by atoms with Crippen molar-refractivity contribution in [1.29, 1.82) is 0 Å². The van der Waals surface area contributed by atoms with Gasteiger partial charge in [0.05, 0.1) is 13.2 Å². The molecule has 1 N–H and O–H groups in total. The van der Waals surface area contributed by atoms with Crippen LogP contribution in [0.5, 0.6) is 0 Å². The Kier molecular flexibility index (Phi) is 25.9. The zero-order valence-electron chi connectivity index (χ0n) is 20.6. The molecular formula is C24H50O6S2. The second-order valence-electron chi connectivity index (χ2n) is 8.45. The average Bonchev–Trinajstić information content (AvgIpc) is 2.75. The van der Waals surface area contributed by atoms with Crippen molar-refractivity contribution in [2.24, 2.45) is 0 Å². The summed E-state index contributed by atoms with van der Waals surface area (Å²) in [6, 6.07) is 0. The topological polar surface area (TPSA) is 82.1 Å². The Bertz CT molecular complexity index is 459. The molecule has 0 aliphatic carbocycles. The summed E-state index contributed by atoms with van der Waals surface area (Å²) < 4.78 is 43.4. The van der Waals surface area contributed by atoms with Gasteiger partial charge < -0.3 is 9.47 Å². The Hall–Kier alpha value is 0.140. The number of hydrogen-bond acceptors (Lipinski definition) is 6. The highest BCUT2D eigenvalue weighted by molar-refractivity contribution is 7.99. The molecule has 0 spiro atoms. The third kappa shape index (κ3) is 30.1. The second-order valence-corrected chi connectivity index (χ2v) is 10.8. The monoisotopic (exact) mass is 498 g/mol. The van der Waals surface area contributed by atoms with Gasteiger partial charge in [-0.25, -0.2) is 4.18 Å². The van der Waals surface area contributed by atoms with Crippen LogP contribution in [0, 0.1) is 0 Å². The van der Waals surface area contributed by atoms with Crippen LogP contribution in [-0.2, 0) is 24.1 Å². The molecule has 0 saturated heterocycles. The summed E-state index contributed by atoms with van der Waals surface area (Å²) in [5, 5.41) is 0. The van der Waals surface area contributed by atoms with Gasteiger partial charge in [-0.3, -0.25) is 4.55 Å². The third-order valence-corrected chi connectivity index (χ3v) is 6.80. The highest BCUT2D eigenvalue weighted by atomic mass is 32.3. The van der Waals surface area contributed by atoms with Crippen LogP contribution >= 0.6 is 11.8 Å². The average molecular weight is 499 g/mol. The summed E-state index contributed by atoms with van der Waals surface area (Å²) in [4.78, 5) is 0. The van der Waals surface area contributed by atoms with Gasteiger partial charge in [0.2, 0.25) is 0 Å². The standard InChI is InChI=1S/C24H50O6S2/c1-2-3-4-5-6-7-8-9-10-11-12-13-14-15-16-17-22-31-23-21-28-19-18-20-29-24-30-32(25,26)27/h2-24H2,1H3,(H,25,26,27). The van der Waals surface area contributed by atoms with Crippen LogP contribution in [0.2, 0.25) is 0 Å². The molecule has 0 atom stereocenters. The minimum Gasteiger partial charge on any atom is -0.381 e. The van der Waals surface area contributed by atoms with E-state index in [0.29, 0.717) is 19.6 Å². The van der Waals surface area contributed by atoms with Gasteiger partial charge in [-0.1, -0.05) is 103 Å². The van der Waals surface area contributed by atoms with Gasteiger partial charge >= 0.3 is 10.4 Å². The number of rotatable bonds is 27. The van der Waals surface area contributed by atoms with Gasteiger partial charge in [-0.2, -0.15) is 20.2 Å². The molecule has 8 heteroatoms. The molecule has 0 aliphatic heterocycles. The van der Waals surface area contributed by atoms with Crippen LogP contribution in [0.15, 0.2) is 0 Å². The molecule has 0 aliphatic rings. The zero-order chi connectivity index (χ0) is 23.6. The smallest absolute Gasteiger partial charge is 0.381 e. The summed E-state index contributed by atoms with van der Waals surface area (Å²) in [6.07, 6.45) is 23.2. The largest absolute Gasteiger partial charge is 0.399 e. The molecule has 0 aromatic carbocycles. The number of hydrogen-bond donors (Lipinski definition) is 1. The zero-order valence-corrected chi connectivity index (χ0v) is 22.2. The normalized spacial score (nSPS) is 11.9. The van der Waals surface area contributed by atoms with E-state index in [1.165, 1.54) is 108 Å². The predicted molar refractivity (Wildman–Crippen MR) is 136 cm³/mol. The first-order valence-electron chi connectivity index (χ1n) is 12.9. The lowest BCUT2D eigenvalue weighted by Crippen LogP contribution is -2.09. The summed E-state index contributed by atoms with van der Waals surface area (Å²) in [6.45, 7) is 3.45. The molecule has 0 aromatic rings. The fourth-order valence-electron chi connectivity index (χ4n) is 3.49. The maximum absolute atomic E-state index is 10.3. The van der Waals surface area contributed by atoms with E-state index in [2.05, 4.69) is 11.1 Å². The molecule has 0 rings (SSSR count). The minimum atomic E-state index is -4.41. The lowest BCUT2D eigenvalue weighted by atomic mass is 10.0. The highest BCUT2D eigenvalue weighted by Crippen LogP contribution is 2.14. The van der Waals surface area contributed by atoms with Crippen molar-refractivity contribution in [2.75, 3.05) is 38.1 Å². The van der Waals surface area contributed by atoms with E-state index in [-0.39, 0.29) is 0 Å². The van der Waals surface area contributed by atoms with Crippen LogP contribution in [0.1, 0.15) is 116 Å².